The van der Waals surface area contributed by atoms with Gasteiger partial charge in [-0.3, -0.25) is 0 Å². The monoisotopic (exact) mass is 284 g/mol. The largest absolute Gasteiger partial charge is 0.233 e. The molecule has 2 nitrogen and oxygen atoms in total. The average Bonchev–Trinajstić information content (AvgIpc) is 2.32. The molecule has 0 fully saturated rings. The van der Waals surface area contributed by atoms with Crippen molar-refractivity contribution in [2.24, 2.45) is 0 Å². The summed E-state index contributed by atoms with van der Waals surface area (Å²) in [6.45, 7) is 3.80. The van der Waals surface area contributed by atoms with Gasteiger partial charge in [0.05, 0.1) is 10.6 Å². The van der Waals surface area contributed by atoms with Gasteiger partial charge in [0.15, 0.2) is 11.6 Å². The van der Waals surface area contributed by atoms with Gasteiger partial charge < -0.3 is 0 Å². The Hall–Kier alpha value is -1.19. The standard InChI is InChI=1S/C13H11Cl2FN2/c1-3-8-7(2)17-13(18-12(8)15)9-5-4-6-10(14)11(9)16/h4-6H,3H2,1-2H3. The second-order valence-electron chi connectivity index (χ2n) is 3.86. The summed E-state index contributed by atoms with van der Waals surface area (Å²) in [7, 11) is 0. The Morgan fingerprint density at radius 3 is 2.56 bits per heavy atom. The lowest BCUT2D eigenvalue weighted by molar-refractivity contribution is 0.630. The van der Waals surface area contributed by atoms with Crippen molar-refractivity contribution >= 4 is 23.2 Å². The van der Waals surface area contributed by atoms with E-state index in [1.807, 2.05) is 13.8 Å². The molecule has 0 bridgehead atoms. The predicted octanol–water partition coefficient (Wildman–Crippen LogP) is 4.46. The first-order chi connectivity index (χ1) is 8.54. The maximum atomic E-state index is 13.9. The Labute approximate surface area is 115 Å². The number of aryl methyl sites for hydroxylation is 1. The molecule has 18 heavy (non-hydrogen) atoms. The van der Waals surface area contributed by atoms with Crippen LogP contribution < -0.4 is 0 Å². The lowest BCUT2D eigenvalue weighted by atomic mass is 10.1. The van der Waals surface area contributed by atoms with Gasteiger partial charge in [-0.2, -0.15) is 0 Å². The zero-order valence-corrected chi connectivity index (χ0v) is 11.5. The third-order valence-electron chi connectivity index (χ3n) is 2.71. The Morgan fingerprint density at radius 1 is 1.22 bits per heavy atom. The van der Waals surface area contributed by atoms with Gasteiger partial charge in [-0.1, -0.05) is 36.2 Å². The minimum absolute atomic E-state index is 0.0458. The Kier molecular flexibility index (Phi) is 3.83. The van der Waals surface area contributed by atoms with Gasteiger partial charge in [-0.15, -0.1) is 0 Å². The van der Waals surface area contributed by atoms with Crippen molar-refractivity contribution in [2.75, 3.05) is 0 Å². The van der Waals surface area contributed by atoms with Crippen molar-refractivity contribution in [2.45, 2.75) is 20.3 Å². The number of hydrogen-bond acceptors (Lipinski definition) is 2. The van der Waals surface area contributed by atoms with Crippen molar-refractivity contribution in [3.05, 3.63) is 45.4 Å². The summed E-state index contributed by atoms with van der Waals surface area (Å²) in [5.74, 6) is -0.270. The fraction of sp³-hybridized carbons (Fsp3) is 0.231. The lowest BCUT2D eigenvalue weighted by Crippen LogP contribution is -2.00. The highest BCUT2D eigenvalue weighted by atomic mass is 35.5. The lowest BCUT2D eigenvalue weighted by Gasteiger charge is -2.08. The molecular formula is C13H11Cl2FN2. The van der Waals surface area contributed by atoms with E-state index < -0.39 is 5.82 Å². The molecule has 94 valence electrons. The molecule has 2 rings (SSSR count). The Morgan fingerprint density at radius 2 is 1.94 bits per heavy atom. The molecule has 1 aromatic carbocycles. The van der Waals surface area contributed by atoms with Crippen molar-refractivity contribution < 1.29 is 4.39 Å². The molecule has 2 aromatic rings. The molecule has 0 spiro atoms. The zero-order chi connectivity index (χ0) is 13.3. The van der Waals surface area contributed by atoms with Crippen LogP contribution in [0.2, 0.25) is 10.2 Å². The number of benzene rings is 1. The number of rotatable bonds is 2. The quantitative estimate of drug-likeness (QED) is 0.761. The maximum Gasteiger partial charge on any atom is 0.164 e. The van der Waals surface area contributed by atoms with E-state index in [-0.39, 0.29) is 16.4 Å². The molecule has 5 heteroatoms. The number of halogens is 3. The molecular weight excluding hydrogens is 274 g/mol. The summed E-state index contributed by atoms with van der Waals surface area (Å²) in [6, 6.07) is 4.72. The van der Waals surface area contributed by atoms with Gasteiger partial charge in [-0.25, -0.2) is 14.4 Å². The van der Waals surface area contributed by atoms with Crippen LogP contribution in [0.25, 0.3) is 11.4 Å². The number of nitrogens with zero attached hydrogens (tertiary/aromatic N) is 2. The van der Waals surface area contributed by atoms with Crippen LogP contribution >= 0.6 is 23.2 Å². The molecule has 0 atom stereocenters. The van der Waals surface area contributed by atoms with Crippen LogP contribution in [0.15, 0.2) is 18.2 Å². The smallest absolute Gasteiger partial charge is 0.164 e. The zero-order valence-electron chi connectivity index (χ0n) is 9.97. The molecule has 0 aliphatic heterocycles. The fourth-order valence-electron chi connectivity index (χ4n) is 1.76. The van der Waals surface area contributed by atoms with E-state index in [1.54, 1.807) is 12.1 Å². The van der Waals surface area contributed by atoms with E-state index >= 15 is 0 Å². The number of aromatic nitrogens is 2. The highest BCUT2D eigenvalue weighted by Gasteiger charge is 2.14. The molecule has 0 N–H and O–H groups in total. The van der Waals surface area contributed by atoms with E-state index in [2.05, 4.69) is 9.97 Å². The van der Waals surface area contributed by atoms with E-state index in [0.29, 0.717) is 5.15 Å². The normalized spacial score (nSPS) is 10.7. The van der Waals surface area contributed by atoms with Gasteiger partial charge in [0, 0.05) is 11.3 Å². The first-order valence-corrected chi connectivity index (χ1v) is 6.27. The van der Waals surface area contributed by atoms with Gasteiger partial charge >= 0.3 is 0 Å². The second-order valence-corrected chi connectivity index (χ2v) is 4.62. The summed E-state index contributed by atoms with van der Waals surface area (Å²) in [5.41, 5.74) is 1.89. The van der Waals surface area contributed by atoms with Gasteiger partial charge in [0.25, 0.3) is 0 Å². The van der Waals surface area contributed by atoms with Crippen molar-refractivity contribution in [3.63, 3.8) is 0 Å². The van der Waals surface area contributed by atoms with Crippen LogP contribution in [-0.4, -0.2) is 9.97 Å². The summed E-state index contributed by atoms with van der Waals surface area (Å²) >= 11 is 11.8. The maximum absolute atomic E-state index is 13.9. The summed E-state index contributed by atoms with van der Waals surface area (Å²) in [6.07, 6.45) is 0.739. The third-order valence-corrected chi connectivity index (χ3v) is 3.31. The SMILES string of the molecule is CCc1c(C)nc(-c2cccc(Cl)c2F)nc1Cl. The van der Waals surface area contributed by atoms with Crippen LogP contribution in [0.3, 0.4) is 0 Å². The van der Waals surface area contributed by atoms with Crippen molar-refractivity contribution in [3.8, 4) is 11.4 Å². The van der Waals surface area contributed by atoms with Crippen LogP contribution in [0.5, 0.6) is 0 Å². The van der Waals surface area contributed by atoms with E-state index in [9.17, 15) is 4.39 Å². The van der Waals surface area contributed by atoms with Gasteiger partial charge in [0.1, 0.15) is 5.15 Å². The molecule has 0 saturated carbocycles. The molecule has 0 aliphatic carbocycles. The minimum atomic E-state index is -0.529. The molecule has 0 aliphatic rings. The third kappa shape index (κ3) is 2.33. The van der Waals surface area contributed by atoms with Crippen LogP contribution in [-0.2, 0) is 6.42 Å². The molecule has 1 heterocycles. The van der Waals surface area contributed by atoms with Crippen molar-refractivity contribution in [1.82, 2.24) is 9.97 Å². The Balaban J connectivity index is 2.62. The first-order valence-electron chi connectivity index (χ1n) is 5.52. The highest BCUT2D eigenvalue weighted by Crippen LogP contribution is 2.27. The van der Waals surface area contributed by atoms with E-state index in [0.717, 1.165) is 17.7 Å². The van der Waals surface area contributed by atoms with Gasteiger partial charge in [-0.05, 0) is 25.5 Å². The average molecular weight is 285 g/mol. The molecule has 0 unspecified atom stereocenters. The highest BCUT2D eigenvalue weighted by molar-refractivity contribution is 6.31. The predicted molar refractivity (Wildman–Crippen MR) is 71.6 cm³/mol. The van der Waals surface area contributed by atoms with Crippen molar-refractivity contribution in [1.29, 1.82) is 0 Å². The Bertz CT molecular complexity index is 577. The fourth-order valence-corrected chi connectivity index (χ4v) is 2.28. The number of hydrogen-bond donors (Lipinski definition) is 0. The summed E-state index contributed by atoms with van der Waals surface area (Å²) < 4.78 is 13.9. The second kappa shape index (κ2) is 5.21. The first kappa shape index (κ1) is 13.2. The molecule has 0 amide bonds. The minimum Gasteiger partial charge on any atom is -0.233 e. The summed E-state index contributed by atoms with van der Waals surface area (Å²) in [5, 5.41) is 0.406. The van der Waals surface area contributed by atoms with E-state index in [1.165, 1.54) is 6.07 Å². The van der Waals surface area contributed by atoms with Gasteiger partial charge in [0.2, 0.25) is 0 Å². The van der Waals surface area contributed by atoms with Crippen LogP contribution in [0.4, 0.5) is 4.39 Å². The molecule has 0 radical (unpaired) electrons. The molecule has 0 saturated heterocycles. The topological polar surface area (TPSA) is 25.8 Å². The summed E-state index contributed by atoms with van der Waals surface area (Å²) in [4.78, 5) is 8.42. The van der Waals surface area contributed by atoms with Crippen LogP contribution in [0.1, 0.15) is 18.2 Å². The molecule has 1 aromatic heterocycles. The van der Waals surface area contributed by atoms with E-state index in [4.69, 9.17) is 23.2 Å². The van der Waals surface area contributed by atoms with Crippen LogP contribution in [0, 0.1) is 12.7 Å².